The first-order chi connectivity index (χ1) is 15.0. The van der Waals surface area contributed by atoms with Crippen LogP contribution in [0.1, 0.15) is 21.7 Å². The largest absolute Gasteiger partial charge is 0.321 e. The minimum Gasteiger partial charge on any atom is -0.321 e. The van der Waals surface area contributed by atoms with Gasteiger partial charge < -0.3 is 15.1 Å². The predicted octanol–water partition coefficient (Wildman–Crippen LogP) is 3.27. The molecule has 8 heteroatoms. The Kier molecular flexibility index (Phi) is 6.65. The highest BCUT2D eigenvalue weighted by atomic mass is 35.5. The molecule has 4 rings (SSSR count). The van der Waals surface area contributed by atoms with E-state index in [2.05, 4.69) is 44.6 Å². The number of hydrogen-bond donors (Lipinski definition) is 1. The van der Waals surface area contributed by atoms with Gasteiger partial charge >= 0.3 is 0 Å². The van der Waals surface area contributed by atoms with E-state index < -0.39 is 0 Å². The summed E-state index contributed by atoms with van der Waals surface area (Å²) < 4.78 is 1.58. The summed E-state index contributed by atoms with van der Waals surface area (Å²) in [6.45, 7) is 7.37. The minimum absolute atomic E-state index is 0.277. The van der Waals surface area contributed by atoms with Crippen molar-refractivity contribution in [1.82, 2.24) is 24.8 Å². The number of likely N-dealkylation sites (N-methyl/N-ethyl adjacent to an activating group) is 1. The third-order valence-corrected chi connectivity index (χ3v) is 6.03. The molecule has 0 bridgehead atoms. The van der Waals surface area contributed by atoms with Crippen LogP contribution >= 0.6 is 11.6 Å². The van der Waals surface area contributed by atoms with Crippen LogP contribution in [0.2, 0.25) is 5.02 Å². The molecule has 1 aliphatic heterocycles. The van der Waals surface area contributed by atoms with Gasteiger partial charge in [-0.2, -0.15) is 0 Å². The zero-order valence-corrected chi connectivity index (χ0v) is 18.6. The van der Waals surface area contributed by atoms with Crippen LogP contribution in [-0.4, -0.2) is 70.5 Å². The highest BCUT2D eigenvalue weighted by Crippen LogP contribution is 2.21. The number of piperazine rings is 1. The van der Waals surface area contributed by atoms with Crippen LogP contribution in [0.15, 0.2) is 48.5 Å². The maximum Gasteiger partial charge on any atom is 0.278 e. The van der Waals surface area contributed by atoms with Crippen molar-refractivity contribution in [2.24, 2.45) is 0 Å². The molecule has 0 radical (unpaired) electrons. The monoisotopic (exact) mass is 438 g/mol. The van der Waals surface area contributed by atoms with Gasteiger partial charge in [0.25, 0.3) is 5.91 Å². The first-order valence-electron chi connectivity index (χ1n) is 10.5. The SMILES string of the molecule is Cc1c(C(=O)Nc2ccc(CCN3CCN(C)CC3)cc2)nnn1-c1ccccc1Cl. The van der Waals surface area contributed by atoms with Crippen molar-refractivity contribution >= 4 is 23.2 Å². The van der Waals surface area contributed by atoms with Gasteiger partial charge in [-0.05, 0) is 50.2 Å². The van der Waals surface area contributed by atoms with Gasteiger partial charge in [0.1, 0.15) is 0 Å². The van der Waals surface area contributed by atoms with Crippen molar-refractivity contribution in [2.45, 2.75) is 13.3 Å². The summed E-state index contributed by atoms with van der Waals surface area (Å²) in [6, 6.07) is 15.3. The number of carbonyl (C=O) groups excluding carboxylic acids is 1. The molecule has 0 atom stereocenters. The Bertz CT molecular complexity index is 1040. The highest BCUT2D eigenvalue weighted by molar-refractivity contribution is 6.32. The second-order valence-electron chi connectivity index (χ2n) is 7.93. The second-order valence-corrected chi connectivity index (χ2v) is 8.34. The normalized spacial score (nSPS) is 15.2. The molecule has 31 heavy (non-hydrogen) atoms. The van der Waals surface area contributed by atoms with Gasteiger partial charge in [0.2, 0.25) is 0 Å². The van der Waals surface area contributed by atoms with Crippen molar-refractivity contribution in [3.63, 3.8) is 0 Å². The first-order valence-corrected chi connectivity index (χ1v) is 10.9. The third kappa shape index (κ3) is 5.12. The van der Waals surface area contributed by atoms with E-state index in [9.17, 15) is 4.79 Å². The molecule has 7 nitrogen and oxygen atoms in total. The van der Waals surface area contributed by atoms with Gasteiger partial charge in [0.05, 0.1) is 16.4 Å². The molecule has 0 saturated carbocycles. The molecule has 1 aromatic heterocycles. The maximum atomic E-state index is 12.7. The fourth-order valence-corrected chi connectivity index (χ4v) is 3.91. The molecule has 2 heterocycles. The smallest absolute Gasteiger partial charge is 0.278 e. The maximum absolute atomic E-state index is 12.7. The number of rotatable bonds is 6. The van der Waals surface area contributed by atoms with Gasteiger partial charge in [-0.25, -0.2) is 4.68 Å². The second kappa shape index (κ2) is 9.60. The number of amides is 1. The Hall–Kier alpha value is -2.74. The number of para-hydroxylation sites is 1. The van der Waals surface area contributed by atoms with Gasteiger partial charge in [0.15, 0.2) is 5.69 Å². The molecule has 1 aliphatic rings. The quantitative estimate of drug-likeness (QED) is 0.639. The average molecular weight is 439 g/mol. The van der Waals surface area contributed by atoms with Gasteiger partial charge in [-0.15, -0.1) is 5.10 Å². The lowest BCUT2D eigenvalue weighted by Gasteiger charge is -2.32. The van der Waals surface area contributed by atoms with Crippen LogP contribution in [0.5, 0.6) is 0 Å². The standard InChI is InChI=1S/C23H27ClN6O/c1-17-22(26-27-30(17)21-6-4-3-5-20(21)24)23(31)25-19-9-7-18(8-10-19)11-12-29-15-13-28(2)14-16-29/h3-10H,11-16H2,1-2H3,(H,25,31). The van der Waals surface area contributed by atoms with Crippen LogP contribution in [0, 0.1) is 6.92 Å². The van der Waals surface area contributed by atoms with Crippen LogP contribution in [-0.2, 0) is 6.42 Å². The molecular weight excluding hydrogens is 412 g/mol. The lowest BCUT2D eigenvalue weighted by Crippen LogP contribution is -2.45. The number of benzene rings is 2. The van der Waals surface area contributed by atoms with Crippen molar-refractivity contribution in [1.29, 1.82) is 0 Å². The molecule has 2 aromatic carbocycles. The highest BCUT2D eigenvalue weighted by Gasteiger charge is 2.19. The number of nitrogens with zero attached hydrogens (tertiary/aromatic N) is 5. The molecule has 1 amide bonds. The Balaban J connectivity index is 1.36. The number of aromatic nitrogens is 3. The molecule has 0 spiro atoms. The molecule has 1 saturated heterocycles. The van der Waals surface area contributed by atoms with E-state index >= 15 is 0 Å². The van der Waals surface area contributed by atoms with Crippen molar-refractivity contribution in [3.05, 3.63) is 70.5 Å². The van der Waals surface area contributed by atoms with E-state index in [1.807, 2.05) is 30.3 Å². The zero-order chi connectivity index (χ0) is 21.8. The molecule has 0 aliphatic carbocycles. The number of nitrogens with one attached hydrogen (secondary N) is 1. The molecule has 1 fully saturated rings. The van der Waals surface area contributed by atoms with Crippen LogP contribution in [0.25, 0.3) is 5.69 Å². The predicted molar refractivity (Wildman–Crippen MR) is 123 cm³/mol. The van der Waals surface area contributed by atoms with Gasteiger partial charge in [0, 0.05) is 38.4 Å². The Labute approximate surface area is 187 Å². The summed E-state index contributed by atoms with van der Waals surface area (Å²) in [6.07, 6.45) is 1.00. The lowest BCUT2D eigenvalue weighted by atomic mass is 10.1. The third-order valence-electron chi connectivity index (χ3n) is 5.71. The number of anilines is 1. The summed E-state index contributed by atoms with van der Waals surface area (Å²) in [5.74, 6) is -0.291. The van der Waals surface area contributed by atoms with E-state index in [4.69, 9.17) is 11.6 Å². The Morgan fingerprint density at radius 1 is 1.06 bits per heavy atom. The van der Waals surface area contributed by atoms with Crippen LogP contribution in [0.3, 0.4) is 0 Å². The Morgan fingerprint density at radius 2 is 1.77 bits per heavy atom. The van der Waals surface area contributed by atoms with Gasteiger partial charge in [-0.1, -0.05) is 41.1 Å². The van der Waals surface area contributed by atoms with E-state index in [0.29, 0.717) is 16.4 Å². The summed E-state index contributed by atoms with van der Waals surface area (Å²) in [7, 11) is 2.17. The van der Waals surface area contributed by atoms with Crippen molar-refractivity contribution in [2.75, 3.05) is 45.1 Å². The number of carbonyl (C=O) groups is 1. The first kappa shape index (κ1) is 21.5. The molecule has 1 N–H and O–H groups in total. The molecule has 3 aromatic rings. The summed E-state index contributed by atoms with van der Waals surface area (Å²) in [4.78, 5) is 17.6. The topological polar surface area (TPSA) is 66.3 Å². The van der Waals surface area contributed by atoms with E-state index in [-0.39, 0.29) is 11.6 Å². The molecular formula is C23H27ClN6O. The minimum atomic E-state index is -0.291. The molecule has 0 unspecified atom stereocenters. The number of hydrogen-bond acceptors (Lipinski definition) is 5. The summed E-state index contributed by atoms with van der Waals surface area (Å²) in [5.41, 5.74) is 3.60. The summed E-state index contributed by atoms with van der Waals surface area (Å²) >= 11 is 6.25. The lowest BCUT2D eigenvalue weighted by molar-refractivity contribution is 0.102. The van der Waals surface area contributed by atoms with Crippen LogP contribution in [0.4, 0.5) is 5.69 Å². The van der Waals surface area contributed by atoms with E-state index in [1.54, 1.807) is 17.7 Å². The van der Waals surface area contributed by atoms with Crippen molar-refractivity contribution < 1.29 is 4.79 Å². The summed E-state index contributed by atoms with van der Waals surface area (Å²) in [5, 5.41) is 11.6. The average Bonchev–Trinajstić information content (AvgIpc) is 3.16. The molecule has 162 valence electrons. The van der Waals surface area contributed by atoms with Crippen LogP contribution < -0.4 is 5.32 Å². The van der Waals surface area contributed by atoms with Crippen molar-refractivity contribution in [3.8, 4) is 5.69 Å². The van der Waals surface area contributed by atoms with Gasteiger partial charge in [-0.3, -0.25) is 4.79 Å². The zero-order valence-electron chi connectivity index (χ0n) is 17.9. The van der Waals surface area contributed by atoms with E-state index in [0.717, 1.165) is 44.8 Å². The Morgan fingerprint density at radius 3 is 2.48 bits per heavy atom. The fourth-order valence-electron chi connectivity index (χ4n) is 3.70. The van der Waals surface area contributed by atoms with E-state index in [1.165, 1.54) is 5.56 Å². The fraction of sp³-hybridized carbons (Fsp3) is 0.348. The number of halogens is 1.